The highest BCUT2D eigenvalue weighted by Gasteiger charge is 2.14. The molecule has 2 rings (SSSR count). The Morgan fingerprint density at radius 3 is 2.74 bits per heavy atom. The number of rotatable bonds is 4. The number of benzene rings is 1. The van der Waals surface area contributed by atoms with Crippen molar-refractivity contribution in [1.29, 1.82) is 0 Å². The predicted octanol–water partition coefficient (Wildman–Crippen LogP) is 3.17. The van der Waals surface area contributed by atoms with Crippen LogP contribution in [0.4, 0.5) is 0 Å². The van der Waals surface area contributed by atoms with Gasteiger partial charge in [0.05, 0.1) is 0 Å². The Bertz CT molecular complexity index is 562. The standard InChI is InChI=1S/C14H19BrN4/c1-9(2)19-14(17-8-18-19)7-13(16)11-4-5-12(15)10(3)6-11/h4-6,8-9,13H,7,16H2,1-3H3. The Balaban J connectivity index is 2.18. The van der Waals surface area contributed by atoms with E-state index in [1.165, 1.54) is 5.56 Å². The second kappa shape index (κ2) is 5.84. The van der Waals surface area contributed by atoms with Crippen molar-refractivity contribution >= 4 is 15.9 Å². The summed E-state index contributed by atoms with van der Waals surface area (Å²) in [4.78, 5) is 4.31. The van der Waals surface area contributed by atoms with Crippen molar-refractivity contribution in [3.05, 3.63) is 46.0 Å². The van der Waals surface area contributed by atoms with E-state index in [1.54, 1.807) is 6.33 Å². The second-order valence-electron chi connectivity index (χ2n) is 5.03. The molecule has 0 amide bonds. The van der Waals surface area contributed by atoms with Crippen molar-refractivity contribution in [3.63, 3.8) is 0 Å². The molecule has 0 saturated heterocycles. The van der Waals surface area contributed by atoms with Crippen LogP contribution in [0, 0.1) is 6.92 Å². The van der Waals surface area contributed by atoms with Gasteiger partial charge in [-0.15, -0.1) is 0 Å². The van der Waals surface area contributed by atoms with Gasteiger partial charge >= 0.3 is 0 Å². The smallest absolute Gasteiger partial charge is 0.138 e. The largest absolute Gasteiger partial charge is 0.324 e. The first-order chi connectivity index (χ1) is 8.99. The number of hydrogen-bond acceptors (Lipinski definition) is 3. The summed E-state index contributed by atoms with van der Waals surface area (Å²) in [5.74, 6) is 0.933. The van der Waals surface area contributed by atoms with E-state index in [1.807, 2.05) is 10.7 Å². The van der Waals surface area contributed by atoms with Gasteiger partial charge in [0.1, 0.15) is 12.2 Å². The van der Waals surface area contributed by atoms with Crippen molar-refractivity contribution in [1.82, 2.24) is 14.8 Å². The number of nitrogens with two attached hydrogens (primary N) is 1. The molecule has 1 unspecified atom stereocenters. The fourth-order valence-electron chi connectivity index (χ4n) is 2.06. The van der Waals surface area contributed by atoms with Crippen LogP contribution in [-0.4, -0.2) is 14.8 Å². The van der Waals surface area contributed by atoms with Crippen LogP contribution >= 0.6 is 15.9 Å². The third-order valence-electron chi connectivity index (χ3n) is 3.15. The maximum atomic E-state index is 6.28. The second-order valence-corrected chi connectivity index (χ2v) is 5.89. The van der Waals surface area contributed by atoms with Crippen LogP contribution in [0.15, 0.2) is 29.0 Å². The number of aromatic nitrogens is 3. The Kier molecular flexibility index (Phi) is 4.37. The SMILES string of the molecule is Cc1cc(C(N)Cc2ncnn2C(C)C)ccc1Br. The lowest BCUT2D eigenvalue weighted by molar-refractivity contribution is 0.493. The number of aryl methyl sites for hydroxylation is 1. The maximum absolute atomic E-state index is 6.28. The zero-order valence-corrected chi connectivity index (χ0v) is 13.1. The molecule has 1 atom stereocenters. The minimum absolute atomic E-state index is 0.0616. The minimum atomic E-state index is -0.0616. The van der Waals surface area contributed by atoms with Gasteiger partial charge < -0.3 is 5.73 Å². The molecule has 0 spiro atoms. The van der Waals surface area contributed by atoms with Gasteiger partial charge in [0.2, 0.25) is 0 Å². The van der Waals surface area contributed by atoms with Crippen molar-refractivity contribution in [2.45, 2.75) is 39.3 Å². The molecule has 1 aromatic heterocycles. The summed E-state index contributed by atoms with van der Waals surface area (Å²) in [6.07, 6.45) is 2.29. The van der Waals surface area contributed by atoms with Gasteiger partial charge in [-0.05, 0) is 38.0 Å². The molecule has 1 aromatic carbocycles. The number of hydrogen-bond donors (Lipinski definition) is 1. The van der Waals surface area contributed by atoms with Crippen LogP contribution < -0.4 is 5.73 Å². The summed E-state index contributed by atoms with van der Waals surface area (Å²) in [7, 11) is 0. The molecule has 0 aliphatic carbocycles. The van der Waals surface area contributed by atoms with Crippen molar-refractivity contribution < 1.29 is 0 Å². The van der Waals surface area contributed by atoms with E-state index in [0.29, 0.717) is 12.5 Å². The molecular formula is C14H19BrN4. The quantitative estimate of drug-likeness (QED) is 0.940. The van der Waals surface area contributed by atoms with Gasteiger partial charge in [0.25, 0.3) is 0 Å². The third-order valence-corrected chi connectivity index (χ3v) is 4.04. The molecule has 19 heavy (non-hydrogen) atoms. The van der Waals surface area contributed by atoms with Crippen molar-refractivity contribution in [2.24, 2.45) is 5.73 Å². The monoisotopic (exact) mass is 322 g/mol. The molecule has 102 valence electrons. The number of halogens is 1. The first kappa shape index (κ1) is 14.2. The average molecular weight is 323 g/mol. The van der Waals surface area contributed by atoms with E-state index >= 15 is 0 Å². The highest BCUT2D eigenvalue weighted by Crippen LogP contribution is 2.22. The summed E-state index contributed by atoms with van der Waals surface area (Å²) < 4.78 is 3.03. The van der Waals surface area contributed by atoms with E-state index in [-0.39, 0.29) is 6.04 Å². The fourth-order valence-corrected chi connectivity index (χ4v) is 2.31. The zero-order chi connectivity index (χ0) is 14.0. The molecule has 5 heteroatoms. The lowest BCUT2D eigenvalue weighted by Gasteiger charge is -2.15. The summed E-state index contributed by atoms with van der Waals surface area (Å²) in [6, 6.07) is 6.45. The maximum Gasteiger partial charge on any atom is 0.138 e. The number of nitrogens with zero attached hydrogens (tertiary/aromatic N) is 3. The molecule has 1 heterocycles. The van der Waals surface area contributed by atoms with Crippen LogP contribution in [0.2, 0.25) is 0 Å². The Morgan fingerprint density at radius 1 is 1.37 bits per heavy atom. The Hall–Kier alpha value is -1.20. The molecule has 0 aliphatic heterocycles. The summed E-state index contributed by atoms with van der Waals surface area (Å²) in [5.41, 5.74) is 8.59. The summed E-state index contributed by atoms with van der Waals surface area (Å²) in [6.45, 7) is 6.25. The molecule has 0 fully saturated rings. The topological polar surface area (TPSA) is 56.7 Å². The van der Waals surface area contributed by atoms with E-state index in [0.717, 1.165) is 15.9 Å². The highest BCUT2D eigenvalue weighted by atomic mass is 79.9. The zero-order valence-electron chi connectivity index (χ0n) is 11.5. The summed E-state index contributed by atoms with van der Waals surface area (Å²) >= 11 is 3.50. The van der Waals surface area contributed by atoms with E-state index in [4.69, 9.17) is 5.73 Å². The van der Waals surface area contributed by atoms with E-state index < -0.39 is 0 Å². The van der Waals surface area contributed by atoms with E-state index in [9.17, 15) is 0 Å². The highest BCUT2D eigenvalue weighted by molar-refractivity contribution is 9.10. The van der Waals surface area contributed by atoms with Gasteiger partial charge in [-0.2, -0.15) is 5.10 Å². The minimum Gasteiger partial charge on any atom is -0.324 e. The lowest BCUT2D eigenvalue weighted by Crippen LogP contribution is -2.18. The molecule has 0 radical (unpaired) electrons. The normalized spacial score (nSPS) is 12.9. The van der Waals surface area contributed by atoms with Crippen LogP contribution in [0.1, 0.15) is 42.9 Å². The molecule has 0 saturated carbocycles. The first-order valence-electron chi connectivity index (χ1n) is 6.39. The van der Waals surface area contributed by atoms with Crippen LogP contribution in [-0.2, 0) is 6.42 Å². The van der Waals surface area contributed by atoms with E-state index in [2.05, 4.69) is 58.9 Å². The van der Waals surface area contributed by atoms with Gasteiger partial charge in [0, 0.05) is 23.0 Å². The average Bonchev–Trinajstić information content (AvgIpc) is 2.80. The Labute approximate surface area is 122 Å². The van der Waals surface area contributed by atoms with Crippen LogP contribution in [0.5, 0.6) is 0 Å². The fraction of sp³-hybridized carbons (Fsp3) is 0.429. The molecule has 0 bridgehead atoms. The molecular weight excluding hydrogens is 304 g/mol. The van der Waals surface area contributed by atoms with Crippen molar-refractivity contribution in [2.75, 3.05) is 0 Å². The lowest BCUT2D eigenvalue weighted by atomic mass is 10.0. The molecule has 0 aliphatic rings. The Morgan fingerprint density at radius 2 is 2.11 bits per heavy atom. The van der Waals surface area contributed by atoms with Gasteiger partial charge in [-0.3, -0.25) is 0 Å². The van der Waals surface area contributed by atoms with Gasteiger partial charge in [-0.1, -0.05) is 28.1 Å². The first-order valence-corrected chi connectivity index (χ1v) is 7.18. The molecule has 2 aromatic rings. The van der Waals surface area contributed by atoms with Crippen molar-refractivity contribution in [3.8, 4) is 0 Å². The third kappa shape index (κ3) is 3.22. The van der Waals surface area contributed by atoms with Crippen LogP contribution in [0.3, 0.4) is 0 Å². The molecule has 2 N–H and O–H groups in total. The predicted molar refractivity (Wildman–Crippen MR) is 79.9 cm³/mol. The van der Waals surface area contributed by atoms with Crippen LogP contribution in [0.25, 0.3) is 0 Å². The molecule has 4 nitrogen and oxygen atoms in total. The van der Waals surface area contributed by atoms with Gasteiger partial charge in [0.15, 0.2) is 0 Å². The van der Waals surface area contributed by atoms with Gasteiger partial charge in [-0.25, -0.2) is 9.67 Å². The summed E-state index contributed by atoms with van der Waals surface area (Å²) in [5, 5.41) is 4.24.